The number of rotatable bonds is 2. The lowest BCUT2D eigenvalue weighted by Crippen LogP contribution is -2.39. The summed E-state index contributed by atoms with van der Waals surface area (Å²) in [7, 11) is 0. The average molecular weight is 299 g/mol. The van der Waals surface area contributed by atoms with Gasteiger partial charge in [-0.3, -0.25) is 10.2 Å². The third-order valence-corrected chi connectivity index (χ3v) is 4.68. The SMILES string of the molecule is O=C(O)C1CCCC2NNC(c3ccc(F)c(Cl)c3)C21. The van der Waals surface area contributed by atoms with E-state index in [0.29, 0.717) is 6.42 Å². The van der Waals surface area contributed by atoms with Gasteiger partial charge in [-0.15, -0.1) is 0 Å². The van der Waals surface area contributed by atoms with Crippen LogP contribution in [0.4, 0.5) is 4.39 Å². The number of hydrogen-bond acceptors (Lipinski definition) is 3. The zero-order valence-corrected chi connectivity index (χ0v) is 11.5. The summed E-state index contributed by atoms with van der Waals surface area (Å²) in [6, 6.07) is 4.55. The molecule has 20 heavy (non-hydrogen) atoms. The second-order valence-electron chi connectivity index (χ2n) is 5.50. The van der Waals surface area contributed by atoms with Gasteiger partial charge in [-0.05, 0) is 30.5 Å². The van der Waals surface area contributed by atoms with Crippen LogP contribution in [0, 0.1) is 17.7 Å². The highest BCUT2D eigenvalue weighted by atomic mass is 35.5. The molecule has 2 fully saturated rings. The highest BCUT2D eigenvalue weighted by molar-refractivity contribution is 6.30. The molecular formula is C14H16ClFN2O2. The Morgan fingerprint density at radius 3 is 2.85 bits per heavy atom. The van der Waals surface area contributed by atoms with Crippen molar-refractivity contribution in [3.05, 3.63) is 34.6 Å². The second kappa shape index (κ2) is 5.31. The van der Waals surface area contributed by atoms with Crippen molar-refractivity contribution >= 4 is 17.6 Å². The Hall–Kier alpha value is -1.17. The maximum absolute atomic E-state index is 13.3. The molecule has 1 heterocycles. The van der Waals surface area contributed by atoms with Gasteiger partial charge in [0.2, 0.25) is 0 Å². The number of nitrogens with one attached hydrogen (secondary N) is 2. The summed E-state index contributed by atoms with van der Waals surface area (Å²) in [4.78, 5) is 11.5. The molecule has 3 N–H and O–H groups in total. The van der Waals surface area contributed by atoms with Crippen molar-refractivity contribution in [2.24, 2.45) is 11.8 Å². The number of hydrogen-bond donors (Lipinski definition) is 3. The average Bonchev–Trinajstić information content (AvgIpc) is 2.85. The summed E-state index contributed by atoms with van der Waals surface area (Å²) in [5.74, 6) is -1.65. The Morgan fingerprint density at radius 2 is 2.15 bits per heavy atom. The lowest BCUT2D eigenvalue weighted by Gasteiger charge is -2.33. The summed E-state index contributed by atoms with van der Waals surface area (Å²) in [5.41, 5.74) is 7.15. The lowest BCUT2D eigenvalue weighted by atomic mass is 9.72. The number of aliphatic carboxylic acids is 1. The molecule has 0 aromatic heterocycles. The summed E-state index contributed by atoms with van der Waals surface area (Å²) < 4.78 is 13.3. The van der Waals surface area contributed by atoms with Crippen LogP contribution in [0.3, 0.4) is 0 Å². The minimum absolute atomic E-state index is 0.0391. The standard InChI is InChI=1S/C14H16ClFN2O2/c15-9-6-7(4-5-10(9)16)13-12-8(14(19)20)2-1-3-11(12)17-18-13/h4-6,8,11-13,17-18H,1-3H2,(H,19,20). The molecule has 108 valence electrons. The number of benzene rings is 1. The van der Waals surface area contributed by atoms with E-state index in [9.17, 15) is 14.3 Å². The van der Waals surface area contributed by atoms with Crippen molar-refractivity contribution in [2.75, 3.05) is 0 Å². The number of carboxylic acid groups (broad SMARTS) is 1. The molecule has 0 spiro atoms. The highest BCUT2D eigenvalue weighted by Crippen LogP contribution is 2.42. The summed E-state index contributed by atoms with van der Waals surface area (Å²) in [5, 5.41) is 9.47. The topological polar surface area (TPSA) is 61.4 Å². The first-order valence-corrected chi connectivity index (χ1v) is 7.14. The third-order valence-electron chi connectivity index (χ3n) is 4.39. The first-order chi connectivity index (χ1) is 9.58. The molecule has 2 aliphatic rings. The largest absolute Gasteiger partial charge is 0.481 e. The van der Waals surface area contributed by atoms with Crippen molar-refractivity contribution < 1.29 is 14.3 Å². The maximum Gasteiger partial charge on any atom is 0.306 e. The number of halogens is 2. The Balaban J connectivity index is 1.92. The number of carbonyl (C=O) groups is 1. The van der Waals surface area contributed by atoms with Gasteiger partial charge in [0.05, 0.1) is 17.0 Å². The van der Waals surface area contributed by atoms with E-state index in [1.54, 1.807) is 12.1 Å². The van der Waals surface area contributed by atoms with E-state index in [0.717, 1.165) is 18.4 Å². The van der Waals surface area contributed by atoms with Crippen LogP contribution in [0.1, 0.15) is 30.9 Å². The van der Waals surface area contributed by atoms with Gasteiger partial charge in [0.1, 0.15) is 5.82 Å². The zero-order chi connectivity index (χ0) is 14.3. The fraction of sp³-hybridized carbons (Fsp3) is 0.500. The number of carboxylic acids is 1. The van der Waals surface area contributed by atoms with Gasteiger partial charge in [0.25, 0.3) is 0 Å². The molecule has 1 saturated heterocycles. The van der Waals surface area contributed by atoms with Gasteiger partial charge in [-0.25, -0.2) is 9.82 Å². The van der Waals surface area contributed by atoms with Crippen molar-refractivity contribution in [1.82, 2.24) is 10.9 Å². The van der Waals surface area contributed by atoms with E-state index in [2.05, 4.69) is 10.9 Å². The molecule has 6 heteroatoms. The second-order valence-corrected chi connectivity index (χ2v) is 5.91. The van der Waals surface area contributed by atoms with Gasteiger partial charge >= 0.3 is 5.97 Å². The zero-order valence-electron chi connectivity index (χ0n) is 10.8. The van der Waals surface area contributed by atoms with Gasteiger partial charge in [0, 0.05) is 12.0 Å². The fourth-order valence-corrected chi connectivity index (χ4v) is 3.64. The summed E-state index contributed by atoms with van der Waals surface area (Å²) >= 11 is 5.83. The van der Waals surface area contributed by atoms with E-state index in [4.69, 9.17) is 11.6 Å². The highest BCUT2D eigenvalue weighted by Gasteiger charge is 2.46. The Kier molecular flexibility index (Phi) is 3.67. The van der Waals surface area contributed by atoms with Crippen LogP contribution in [-0.2, 0) is 4.79 Å². The molecule has 1 saturated carbocycles. The molecule has 0 amide bonds. The van der Waals surface area contributed by atoms with E-state index in [1.807, 2.05) is 0 Å². The van der Waals surface area contributed by atoms with E-state index < -0.39 is 11.8 Å². The van der Waals surface area contributed by atoms with Crippen molar-refractivity contribution in [3.8, 4) is 0 Å². The van der Waals surface area contributed by atoms with Crippen molar-refractivity contribution in [2.45, 2.75) is 31.3 Å². The Bertz CT molecular complexity index is 540. The monoisotopic (exact) mass is 298 g/mol. The third kappa shape index (κ3) is 2.30. The molecule has 1 aliphatic carbocycles. The first kappa shape index (κ1) is 13.8. The quantitative estimate of drug-likeness (QED) is 0.785. The molecule has 0 bridgehead atoms. The molecule has 4 unspecified atom stereocenters. The van der Waals surface area contributed by atoms with E-state index in [-0.39, 0.29) is 28.9 Å². The van der Waals surface area contributed by atoms with Gasteiger partial charge in [0.15, 0.2) is 0 Å². The smallest absolute Gasteiger partial charge is 0.306 e. The van der Waals surface area contributed by atoms with Gasteiger partial charge in [-0.2, -0.15) is 0 Å². The predicted octanol–water partition coefficient (Wildman–Crippen LogP) is 2.50. The molecule has 0 radical (unpaired) electrons. The molecule has 1 aliphatic heterocycles. The van der Waals surface area contributed by atoms with E-state index in [1.165, 1.54) is 6.07 Å². The van der Waals surface area contributed by atoms with E-state index >= 15 is 0 Å². The van der Waals surface area contributed by atoms with Crippen LogP contribution in [0.15, 0.2) is 18.2 Å². The molecule has 4 nitrogen and oxygen atoms in total. The minimum Gasteiger partial charge on any atom is -0.481 e. The Labute approximate surface area is 121 Å². The van der Waals surface area contributed by atoms with Gasteiger partial charge in [-0.1, -0.05) is 24.1 Å². The Morgan fingerprint density at radius 1 is 1.35 bits per heavy atom. The van der Waals surface area contributed by atoms with Crippen molar-refractivity contribution in [3.63, 3.8) is 0 Å². The van der Waals surface area contributed by atoms with Crippen LogP contribution < -0.4 is 10.9 Å². The lowest BCUT2D eigenvalue weighted by molar-refractivity contribution is -0.145. The van der Waals surface area contributed by atoms with Crippen molar-refractivity contribution in [1.29, 1.82) is 0 Å². The molecule has 1 aromatic rings. The molecular weight excluding hydrogens is 283 g/mol. The number of fused-ring (bicyclic) bond motifs is 1. The molecule has 1 aromatic carbocycles. The van der Waals surface area contributed by atoms with Crippen LogP contribution in [0.25, 0.3) is 0 Å². The normalized spacial score (nSPS) is 32.9. The summed E-state index contributed by atoms with van der Waals surface area (Å²) in [6.45, 7) is 0. The fourth-order valence-electron chi connectivity index (χ4n) is 3.45. The van der Waals surface area contributed by atoms with Crippen LogP contribution in [-0.4, -0.2) is 17.1 Å². The first-order valence-electron chi connectivity index (χ1n) is 6.76. The molecule has 4 atom stereocenters. The maximum atomic E-state index is 13.3. The molecule has 3 rings (SSSR count). The van der Waals surface area contributed by atoms with Gasteiger partial charge < -0.3 is 5.11 Å². The minimum atomic E-state index is -0.761. The van der Waals surface area contributed by atoms with Crippen LogP contribution in [0.2, 0.25) is 5.02 Å². The predicted molar refractivity (Wildman–Crippen MR) is 72.7 cm³/mol. The van der Waals surface area contributed by atoms with Crippen LogP contribution >= 0.6 is 11.6 Å². The number of hydrazine groups is 1. The van der Waals surface area contributed by atoms with Crippen LogP contribution in [0.5, 0.6) is 0 Å². The summed E-state index contributed by atoms with van der Waals surface area (Å²) in [6.07, 6.45) is 2.54.